The standard InChI is InChI=1S/C16H13BrClN3/c1-9-7-11(8-10(2)14(9)17)19-16-13-6-4-3-5-12(13)15(18)20-21-16/h3-8H,1-2H3,(H,19,21). The van der Waals surface area contributed by atoms with E-state index in [0.717, 1.165) is 20.9 Å². The fourth-order valence-corrected chi connectivity index (χ4v) is 2.75. The molecule has 3 aromatic rings. The second-order valence-corrected chi connectivity index (χ2v) is 6.09. The molecule has 3 rings (SSSR count). The Kier molecular flexibility index (Phi) is 3.83. The minimum atomic E-state index is 0.416. The van der Waals surface area contributed by atoms with Crippen molar-refractivity contribution in [2.75, 3.05) is 5.32 Å². The van der Waals surface area contributed by atoms with Gasteiger partial charge < -0.3 is 5.32 Å². The molecule has 0 aliphatic rings. The summed E-state index contributed by atoms with van der Waals surface area (Å²) in [7, 11) is 0. The van der Waals surface area contributed by atoms with Crippen LogP contribution in [0.1, 0.15) is 11.1 Å². The number of benzene rings is 2. The number of rotatable bonds is 2. The Morgan fingerprint density at radius 1 is 1.00 bits per heavy atom. The molecule has 1 aromatic heterocycles. The van der Waals surface area contributed by atoms with Crippen LogP contribution in [0.15, 0.2) is 40.9 Å². The van der Waals surface area contributed by atoms with Crippen LogP contribution in [0.3, 0.4) is 0 Å². The molecule has 0 aliphatic heterocycles. The third kappa shape index (κ3) is 2.74. The summed E-state index contributed by atoms with van der Waals surface area (Å²) < 4.78 is 1.13. The van der Waals surface area contributed by atoms with Gasteiger partial charge in [-0.05, 0) is 37.1 Å². The number of halogens is 2. The highest BCUT2D eigenvalue weighted by molar-refractivity contribution is 9.10. The normalized spacial score (nSPS) is 10.9. The Hall–Kier alpha value is -1.65. The SMILES string of the molecule is Cc1cc(Nc2nnc(Cl)c3ccccc23)cc(C)c1Br. The van der Waals surface area contributed by atoms with Gasteiger partial charge in [-0.15, -0.1) is 10.2 Å². The summed E-state index contributed by atoms with van der Waals surface area (Å²) >= 11 is 9.67. The van der Waals surface area contributed by atoms with Gasteiger partial charge in [-0.25, -0.2) is 0 Å². The maximum Gasteiger partial charge on any atom is 0.161 e. The van der Waals surface area contributed by atoms with Crippen molar-refractivity contribution in [3.05, 3.63) is 57.2 Å². The zero-order valence-corrected chi connectivity index (χ0v) is 14.0. The molecule has 0 fully saturated rings. The Labute approximate surface area is 136 Å². The lowest BCUT2D eigenvalue weighted by Gasteiger charge is -2.11. The maximum atomic E-state index is 6.10. The number of anilines is 2. The van der Waals surface area contributed by atoms with E-state index in [2.05, 4.69) is 57.4 Å². The van der Waals surface area contributed by atoms with Gasteiger partial charge in [0, 0.05) is 20.9 Å². The van der Waals surface area contributed by atoms with Crippen LogP contribution in [0.5, 0.6) is 0 Å². The number of nitrogens with zero attached hydrogens (tertiary/aromatic N) is 2. The van der Waals surface area contributed by atoms with Crippen molar-refractivity contribution in [1.29, 1.82) is 0 Å². The van der Waals surface area contributed by atoms with Gasteiger partial charge >= 0.3 is 0 Å². The number of hydrogen-bond acceptors (Lipinski definition) is 3. The van der Waals surface area contributed by atoms with Crippen molar-refractivity contribution < 1.29 is 0 Å². The summed E-state index contributed by atoms with van der Waals surface area (Å²) in [6.07, 6.45) is 0. The number of fused-ring (bicyclic) bond motifs is 1. The molecule has 106 valence electrons. The van der Waals surface area contributed by atoms with Crippen LogP contribution in [0, 0.1) is 13.8 Å². The average molecular weight is 363 g/mol. The van der Waals surface area contributed by atoms with Crippen LogP contribution in [0.25, 0.3) is 10.8 Å². The van der Waals surface area contributed by atoms with E-state index in [1.807, 2.05) is 24.3 Å². The van der Waals surface area contributed by atoms with Crippen LogP contribution in [0.4, 0.5) is 11.5 Å². The van der Waals surface area contributed by atoms with E-state index in [4.69, 9.17) is 11.6 Å². The first kappa shape index (κ1) is 14.3. The summed E-state index contributed by atoms with van der Waals surface area (Å²) in [4.78, 5) is 0. The molecule has 0 saturated heterocycles. The third-order valence-corrected chi connectivity index (χ3v) is 4.87. The van der Waals surface area contributed by atoms with Crippen LogP contribution in [-0.4, -0.2) is 10.2 Å². The van der Waals surface area contributed by atoms with E-state index in [0.29, 0.717) is 11.0 Å². The molecule has 3 nitrogen and oxygen atoms in total. The summed E-state index contributed by atoms with van der Waals surface area (Å²) in [6, 6.07) is 12.0. The van der Waals surface area contributed by atoms with Crippen molar-refractivity contribution in [2.24, 2.45) is 0 Å². The highest BCUT2D eigenvalue weighted by Crippen LogP contribution is 2.30. The van der Waals surface area contributed by atoms with Crippen molar-refractivity contribution >= 4 is 49.8 Å². The highest BCUT2D eigenvalue weighted by Gasteiger charge is 2.09. The second-order valence-electron chi connectivity index (χ2n) is 4.93. The smallest absolute Gasteiger partial charge is 0.161 e. The molecule has 0 amide bonds. The van der Waals surface area contributed by atoms with Gasteiger partial charge in [0.1, 0.15) is 0 Å². The molecule has 0 spiro atoms. The van der Waals surface area contributed by atoms with Gasteiger partial charge in [-0.1, -0.05) is 51.8 Å². The van der Waals surface area contributed by atoms with Crippen molar-refractivity contribution in [3.63, 3.8) is 0 Å². The quantitative estimate of drug-likeness (QED) is 0.662. The lowest BCUT2D eigenvalue weighted by Crippen LogP contribution is -1.98. The van der Waals surface area contributed by atoms with Crippen molar-refractivity contribution in [1.82, 2.24) is 10.2 Å². The van der Waals surface area contributed by atoms with Crippen LogP contribution in [-0.2, 0) is 0 Å². The zero-order chi connectivity index (χ0) is 15.0. The molecule has 0 radical (unpaired) electrons. The summed E-state index contributed by atoms with van der Waals surface area (Å²) in [6.45, 7) is 4.13. The van der Waals surface area contributed by atoms with Crippen LogP contribution < -0.4 is 5.32 Å². The molecule has 0 atom stereocenters. The first-order valence-electron chi connectivity index (χ1n) is 6.51. The molecule has 21 heavy (non-hydrogen) atoms. The van der Waals surface area contributed by atoms with Gasteiger partial charge in [-0.3, -0.25) is 0 Å². The number of nitrogens with one attached hydrogen (secondary N) is 1. The molecule has 0 unspecified atom stereocenters. The summed E-state index contributed by atoms with van der Waals surface area (Å²) in [5.74, 6) is 0.705. The number of aromatic nitrogens is 2. The molecular formula is C16H13BrClN3. The van der Waals surface area contributed by atoms with E-state index in [1.165, 1.54) is 11.1 Å². The molecular weight excluding hydrogens is 350 g/mol. The van der Waals surface area contributed by atoms with E-state index >= 15 is 0 Å². The van der Waals surface area contributed by atoms with Gasteiger partial charge in [0.05, 0.1) is 0 Å². The summed E-state index contributed by atoms with van der Waals surface area (Å²) in [5.41, 5.74) is 3.32. The predicted molar refractivity (Wildman–Crippen MR) is 91.4 cm³/mol. The Balaban J connectivity index is 2.09. The maximum absolute atomic E-state index is 6.10. The Bertz CT molecular complexity index is 810. The summed E-state index contributed by atoms with van der Waals surface area (Å²) in [5, 5.41) is 13.8. The third-order valence-electron chi connectivity index (χ3n) is 3.34. The zero-order valence-electron chi connectivity index (χ0n) is 11.6. The molecule has 1 heterocycles. The minimum Gasteiger partial charge on any atom is -0.338 e. The van der Waals surface area contributed by atoms with E-state index in [-0.39, 0.29) is 0 Å². The van der Waals surface area contributed by atoms with Gasteiger partial charge in [0.15, 0.2) is 11.0 Å². The average Bonchev–Trinajstić information content (AvgIpc) is 2.48. The van der Waals surface area contributed by atoms with E-state index in [9.17, 15) is 0 Å². The monoisotopic (exact) mass is 361 g/mol. The Morgan fingerprint density at radius 3 is 2.29 bits per heavy atom. The molecule has 2 aromatic carbocycles. The lowest BCUT2D eigenvalue weighted by molar-refractivity contribution is 1.05. The largest absolute Gasteiger partial charge is 0.338 e. The van der Waals surface area contributed by atoms with Crippen molar-refractivity contribution in [3.8, 4) is 0 Å². The van der Waals surface area contributed by atoms with E-state index in [1.54, 1.807) is 0 Å². The van der Waals surface area contributed by atoms with E-state index < -0.39 is 0 Å². The fraction of sp³-hybridized carbons (Fsp3) is 0.125. The lowest BCUT2D eigenvalue weighted by atomic mass is 10.1. The first-order valence-corrected chi connectivity index (χ1v) is 7.68. The molecule has 0 aliphatic carbocycles. The molecule has 5 heteroatoms. The second kappa shape index (κ2) is 5.62. The first-order chi connectivity index (χ1) is 10.1. The molecule has 0 bridgehead atoms. The number of hydrogen-bond donors (Lipinski definition) is 1. The fourth-order valence-electron chi connectivity index (χ4n) is 2.32. The van der Waals surface area contributed by atoms with Gasteiger partial charge in [0.2, 0.25) is 0 Å². The van der Waals surface area contributed by atoms with Gasteiger partial charge in [0.25, 0.3) is 0 Å². The molecule has 0 saturated carbocycles. The topological polar surface area (TPSA) is 37.8 Å². The van der Waals surface area contributed by atoms with Crippen LogP contribution >= 0.6 is 27.5 Å². The van der Waals surface area contributed by atoms with Crippen molar-refractivity contribution in [2.45, 2.75) is 13.8 Å². The molecule has 1 N–H and O–H groups in total. The van der Waals surface area contributed by atoms with Crippen LogP contribution in [0.2, 0.25) is 5.15 Å². The minimum absolute atomic E-state index is 0.416. The Morgan fingerprint density at radius 2 is 1.62 bits per heavy atom. The highest BCUT2D eigenvalue weighted by atomic mass is 79.9. The predicted octanol–water partition coefficient (Wildman–Crippen LogP) is 5.41. The van der Waals surface area contributed by atoms with Gasteiger partial charge in [-0.2, -0.15) is 0 Å². The number of aryl methyl sites for hydroxylation is 2.